The highest BCUT2D eigenvalue weighted by molar-refractivity contribution is 7.89. The number of nitrogens with one attached hydrogen (secondary N) is 3. The summed E-state index contributed by atoms with van der Waals surface area (Å²) in [6.45, 7) is -0.229. The molecule has 174 valence electrons. The number of hydrogen-bond donors (Lipinski definition) is 5. The third-order valence-electron chi connectivity index (χ3n) is 4.77. The summed E-state index contributed by atoms with van der Waals surface area (Å²) in [6, 6.07) is 5.74. The highest BCUT2D eigenvalue weighted by Crippen LogP contribution is 2.21. The summed E-state index contributed by atoms with van der Waals surface area (Å²) in [5, 5.41) is 13.8. The minimum atomic E-state index is -3.89. The molecule has 32 heavy (non-hydrogen) atoms. The molecule has 2 aromatic rings. The smallest absolute Gasteiger partial charge is 0.304 e. The van der Waals surface area contributed by atoms with Gasteiger partial charge >= 0.3 is 5.97 Å². The molecule has 1 fully saturated rings. The number of hydrogen-bond acceptors (Lipinski definition) is 9. The van der Waals surface area contributed by atoms with Gasteiger partial charge in [0.25, 0.3) is 5.91 Å². The Labute approximate surface area is 189 Å². The Hall–Kier alpha value is -2.58. The minimum absolute atomic E-state index is 0.0203. The van der Waals surface area contributed by atoms with Crippen LogP contribution in [0.5, 0.6) is 0 Å². The maximum absolute atomic E-state index is 12.5. The molecule has 2 unspecified atom stereocenters. The van der Waals surface area contributed by atoms with Crippen LogP contribution in [0.15, 0.2) is 34.5 Å². The predicted molar refractivity (Wildman–Crippen MR) is 118 cm³/mol. The Morgan fingerprint density at radius 3 is 2.91 bits per heavy atom. The van der Waals surface area contributed by atoms with Crippen LogP contribution in [0.25, 0.3) is 0 Å². The monoisotopic (exact) mass is 483 g/mol. The maximum Gasteiger partial charge on any atom is 0.304 e. The standard InChI is InChI=1S/C19H25N5O6S2/c20-19-23-14(11-31-19)5-1-4-13-10-16(30-24-13)18(27)22-12-3-2-6-15(9-12)32(28,29)21-8-7-17(25)26/h2-3,6,9,11,13,16,21,24H,1,4-5,7-8,10H2,(H2,20,23)(H,22,27)(H,25,26). The van der Waals surface area contributed by atoms with E-state index in [-0.39, 0.29) is 29.8 Å². The van der Waals surface area contributed by atoms with E-state index in [0.717, 1.165) is 25.0 Å². The molecule has 1 aliphatic rings. The number of amides is 1. The number of carboxylic acids is 1. The van der Waals surface area contributed by atoms with E-state index in [1.54, 1.807) is 6.07 Å². The zero-order chi connectivity index (χ0) is 23.1. The highest BCUT2D eigenvalue weighted by atomic mass is 32.2. The highest BCUT2D eigenvalue weighted by Gasteiger charge is 2.31. The van der Waals surface area contributed by atoms with Crippen LogP contribution >= 0.6 is 11.3 Å². The van der Waals surface area contributed by atoms with Gasteiger partial charge in [0.1, 0.15) is 0 Å². The topological polar surface area (TPSA) is 173 Å². The van der Waals surface area contributed by atoms with Crippen molar-refractivity contribution in [3.8, 4) is 0 Å². The number of benzene rings is 1. The Morgan fingerprint density at radius 2 is 2.19 bits per heavy atom. The van der Waals surface area contributed by atoms with E-state index >= 15 is 0 Å². The molecule has 6 N–H and O–H groups in total. The normalized spacial score (nSPS) is 18.5. The third-order valence-corrected chi connectivity index (χ3v) is 6.95. The van der Waals surface area contributed by atoms with E-state index in [1.807, 2.05) is 5.38 Å². The van der Waals surface area contributed by atoms with E-state index in [1.165, 1.54) is 29.5 Å². The van der Waals surface area contributed by atoms with Gasteiger partial charge in [0.05, 0.1) is 17.0 Å². The number of nitrogens with zero attached hydrogens (tertiary/aromatic N) is 1. The number of carboxylic acid groups (broad SMARTS) is 1. The Morgan fingerprint density at radius 1 is 1.38 bits per heavy atom. The molecular weight excluding hydrogens is 458 g/mol. The molecule has 0 spiro atoms. The van der Waals surface area contributed by atoms with E-state index in [4.69, 9.17) is 15.7 Å². The number of carbonyl (C=O) groups excluding carboxylic acids is 1. The van der Waals surface area contributed by atoms with Gasteiger partial charge in [-0.15, -0.1) is 11.3 Å². The number of sulfonamides is 1. The van der Waals surface area contributed by atoms with Crippen LogP contribution < -0.4 is 21.3 Å². The number of carbonyl (C=O) groups is 2. The Bertz CT molecular complexity index is 1060. The molecule has 3 rings (SSSR count). The molecule has 1 aromatic heterocycles. The van der Waals surface area contributed by atoms with Crippen molar-refractivity contribution < 1.29 is 28.0 Å². The molecule has 1 amide bonds. The van der Waals surface area contributed by atoms with E-state index in [0.29, 0.717) is 17.2 Å². The summed E-state index contributed by atoms with van der Waals surface area (Å²) in [5.74, 6) is -1.49. The number of nitrogens with two attached hydrogens (primary N) is 1. The quantitative estimate of drug-likeness (QED) is 0.314. The van der Waals surface area contributed by atoms with Gasteiger partial charge in [-0.2, -0.15) is 5.48 Å². The lowest BCUT2D eigenvalue weighted by atomic mass is 10.0. The number of aromatic nitrogens is 1. The van der Waals surface area contributed by atoms with Crippen molar-refractivity contribution in [1.29, 1.82) is 0 Å². The second-order valence-corrected chi connectivity index (χ2v) is 9.94. The molecule has 0 radical (unpaired) electrons. The second kappa shape index (κ2) is 10.8. The van der Waals surface area contributed by atoms with Crippen LogP contribution in [0.4, 0.5) is 10.8 Å². The number of anilines is 2. The van der Waals surface area contributed by atoms with Crippen molar-refractivity contribution in [2.75, 3.05) is 17.6 Å². The van der Waals surface area contributed by atoms with Crippen molar-refractivity contribution >= 4 is 44.1 Å². The lowest BCUT2D eigenvalue weighted by molar-refractivity contribution is -0.136. The van der Waals surface area contributed by atoms with Crippen LogP contribution in [0.3, 0.4) is 0 Å². The van der Waals surface area contributed by atoms with Crippen molar-refractivity contribution in [3.05, 3.63) is 35.3 Å². The van der Waals surface area contributed by atoms with Gasteiger partial charge in [-0.1, -0.05) is 6.07 Å². The van der Waals surface area contributed by atoms with Crippen LogP contribution in [0.2, 0.25) is 0 Å². The number of nitrogen functional groups attached to an aromatic ring is 1. The van der Waals surface area contributed by atoms with Crippen LogP contribution in [-0.4, -0.2) is 49.1 Å². The third kappa shape index (κ3) is 6.97. The average molecular weight is 484 g/mol. The van der Waals surface area contributed by atoms with Gasteiger partial charge in [0.2, 0.25) is 10.0 Å². The fraction of sp³-hybridized carbons (Fsp3) is 0.421. The van der Waals surface area contributed by atoms with Crippen LogP contribution in [0.1, 0.15) is 31.4 Å². The first-order chi connectivity index (χ1) is 15.2. The SMILES string of the molecule is Nc1nc(CCCC2CC(C(=O)Nc3cccc(S(=O)(=O)NCCC(=O)O)c3)ON2)cs1. The Kier molecular flexibility index (Phi) is 8.15. The number of hydroxylamine groups is 1. The van der Waals surface area contributed by atoms with Gasteiger partial charge < -0.3 is 16.2 Å². The fourth-order valence-corrected chi connectivity index (χ4v) is 4.85. The lowest BCUT2D eigenvalue weighted by Gasteiger charge is -2.11. The Balaban J connectivity index is 1.48. The van der Waals surface area contributed by atoms with Crippen molar-refractivity contribution in [2.45, 2.75) is 49.1 Å². The first-order valence-electron chi connectivity index (χ1n) is 9.96. The summed E-state index contributed by atoms with van der Waals surface area (Å²) in [6.07, 6.45) is 1.92. The number of aryl methyl sites for hydroxylation is 1. The summed E-state index contributed by atoms with van der Waals surface area (Å²) in [5.41, 5.74) is 9.75. The van der Waals surface area contributed by atoms with Gasteiger partial charge in [0, 0.05) is 30.1 Å². The summed E-state index contributed by atoms with van der Waals surface area (Å²) < 4.78 is 26.8. The molecule has 1 saturated heterocycles. The van der Waals surface area contributed by atoms with Gasteiger partial charge in [-0.3, -0.25) is 14.4 Å². The van der Waals surface area contributed by atoms with Gasteiger partial charge in [-0.25, -0.2) is 18.1 Å². The molecule has 2 heterocycles. The molecule has 0 saturated carbocycles. The molecule has 0 bridgehead atoms. The summed E-state index contributed by atoms with van der Waals surface area (Å²) >= 11 is 1.41. The van der Waals surface area contributed by atoms with E-state index in [9.17, 15) is 18.0 Å². The molecule has 0 aliphatic carbocycles. The second-order valence-electron chi connectivity index (χ2n) is 7.28. The van der Waals surface area contributed by atoms with Crippen molar-refractivity contribution in [1.82, 2.24) is 15.2 Å². The van der Waals surface area contributed by atoms with Crippen molar-refractivity contribution in [3.63, 3.8) is 0 Å². The zero-order valence-electron chi connectivity index (χ0n) is 17.1. The van der Waals surface area contributed by atoms with E-state index < -0.39 is 22.1 Å². The minimum Gasteiger partial charge on any atom is -0.481 e. The van der Waals surface area contributed by atoms with Crippen LogP contribution in [-0.2, 0) is 30.9 Å². The average Bonchev–Trinajstić information content (AvgIpc) is 3.37. The first-order valence-corrected chi connectivity index (χ1v) is 12.3. The molecule has 11 nitrogen and oxygen atoms in total. The number of aliphatic carboxylic acids is 1. The van der Waals surface area contributed by atoms with Crippen molar-refractivity contribution in [2.24, 2.45) is 0 Å². The zero-order valence-corrected chi connectivity index (χ0v) is 18.7. The molecule has 1 aromatic carbocycles. The molecule has 13 heteroatoms. The number of thiazole rings is 1. The summed E-state index contributed by atoms with van der Waals surface area (Å²) in [4.78, 5) is 32.6. The van der Waals surface area contributed by atoms with Gasteiger partial charge in [0.15, 0.2) is 11.2 Å². The molecule has 1 aliphatic heterocycles. The maximum atomic E-state index is 12.5. The molecule has 2 atom stereocenters. The first kappa shape index (κ1) is 24.1. The van der Waals surface area contributed by atoms with Gasteiger partial charge in [-0.05, 0) is 37.5 Å². The lowest BCUT2D eigenvalue weighted by Crippen LogP contribution is -2.28. The largest absolute Gasteiger partial charge is 0.481 e. The molecular formula is C19H25N5O6S2. The predicted octanol–water partition coefficient (Wildman–Crippen LogP) is 1.10. The number of rotatable bonds is 11. The van der Waals surface area contributed by atoms with Crippen LogP contribution in [0, 0.1) is 0 Å². The van der Waals surface area contributed by atoms with E-state index in [2.05, 4.69) is 20.5 Å². The fourth-order valence-electron chi connectivity index (χ4n) is 3.18. The summed E-state index contributed by atoms with van der Waals surface area (Å²) in [7, 11) is -3.89.